The maximum absolute atomic E-state index is 12.3. The van der Waals surface area contributed by atoms with Crippen molar-refractivity contribution >= 4 is 32.8 Å². The molecule has 4 aromatic rings. The third-order valence-electron chi connectivity index (χ3n) is 5.95. The van der Waals surface area contributed by atoms with E-state index in [0.717, 1.165) is 5.52 Å². The zero-order valence-electron chi connectivity index (χ0n) is 18.9. The molecule has 1 aliphatic rings. The number of nitrogens with zero attached hydrogens (tertiary/aromatic N) is 7. The Kier molecular flexibility index (Phi) is 6.14. The van der Waals surface area contributed by atoms with Gasteiger partial charge in [0.15, 0.2) is 15.7 Å². The molecule has 5 heterocycles. The fourth-order valence-electron chi connectivity index (χ4n) is 4.09. The van der Waals surface area contributed by atoms with Gasteiger partial charge in [0.1, 0.15) is 11.2 Å². The maximum Gasteiger partial charge on any atom is 0.252 e. The molecule has 0 aromatic carbocycles. The SMILES string of the molecule is NC(=O)c1cnccc1N(CCN1CCS(=O)(=O)CC1)c1nc(-c2ccccn2)nn2cccc12. The molecule has 1 fully saturated rings. The van der Waals surface area contributed by atoms with Crippen molar-refractivity contribution in [3.8, 4) is 11.5 Å². The summed E-state index contributed by atoms with van der Waals surface area (Å²) < 4.78 is 25.4. The fourth-order valence-corrected chi connectivity index (χ4v) is 5.37. The van der Waals surface area contributed by atoms with E-state index >= 15 is 0 Å². The number of sulfone groups is 1. The van der Waals surface area contributed by atoms with Gasteiger partial charge in [0, 0.05) is 51.0 Å². The molecule has 0 spiro atoms. The molecule has 35 heavy (non-hydrogen) atoms. The van der Waals surface area contributed by atoms with Crippen LogP contribution in [0.5, 0.6) is 0 Å². The largest absolute Gasteiger partial charge is 0.365 e. The lowest BCUT2D eigenvalue weighted by atomic mass is 10.2. The summed E-state index contributed by atoms with van der Waals surface area (Å²) in [5.74, 6) is 0.661. The summed E-state index contributed by atoms with van der Waals surface area (Å²) in [6, 6.07) is 11.0. The molecule has 2 N–H and O–H groups in total. The molecule has 0 saturated carbocycles. The van der Waals surface area contributed by atoms with Crippen LogP contribution < -0.4 is 10.6 Å². The number of primary amides is 1. The van der Waals surface area contributed by atoms with E-state index in [1.54, 1.807) is 23.0 Å². The lowest BCUT2D eigenvalue weighted by Crippen LogP contribution is -2.43. The highest BCUT2D eigenvalue weighted by Crippen LogP contribution is 2.31. The zero-order chi connectivity index (χ0) is 24.4. The van der Waals surface area contributed by atoms with Crippen molar-refractivity contribution in [1.29, 1.82) is 0 Å². The molecule has 1 aliphatic heterocycles. The van der Waals surface area contributed by atoms with Crippen LogP contribution in [0.15, 0.2) is 61.2 Å². The molecular weight excluding hydrogens is 468 g/mol. The number of fused-ring (bicyclic) bond motifs is 1. The van der Waals surface area contributed by atoms with Gasteiger partial charge in [-0.15, -0.1) is 5.10 Å². The average molecular weight is 493 g/mol. The monoisotopic (exact) mass is 492 g/mol. The number of carbonyl (C=O) groups is 1. The van der Waals surface area contributed by atoms with Crippen LogP contribution in [0.2, 0.25) is 0 Å². The molecule has 1 saturated heterocycles. The van der Waals surface area contributed by atoms with Crippen molar-refractivity contribution in [3.05, 3.63) is 66.7 Å². The molecule has 0 atom stereocenters. The third-order valence-corrected chi connectivity index (χ3v) is 7.56. The molecule has 0 bridgehead atoms. The van der Waals surface area contributed by atoms with Crippen LogP contribution in [-0.4, -0.2) is 81.5 Å². The Balaban J connectivity index is 1.59. The van der Waals surface area contributed by atoms with Gasteiger partial charge in [-0.1, -0.05) is 6.07 Å². The van der Waals surface area contributed by atoms with Crippen molar-refractivity contribution in [3.63, 3.8) is 0 Å². The zero-order valence-corrected chi connectivity index (χ0v) is 19.7. The van der Waals surface area contributed by atoms with Gasteiger partial charge < -0.3 is 10.6 Å². The van der Waals surface area contributed by atoms with Crippen molar-refractivity contribution < 1.29 is 13.2 Å². The number of nitrogens with two attached hydrogens (primary N) is 1. The van der Waals surface area contributed by atoms with Gasteiger partial charge in [0.05, 0.1) is 22.8 Å². The first-order valence-corrected chi connectivity index (χ1v) is 12.9. The summed E-state index contributed by atoms with van der Waals surface area (Å²) in [7, 11) is -2.99. The highest BCUT2D eigenvalue weighted by Gasteiger charge is 2.25. The van der Waals surface area contributed by atoms with Crippen LogP contribution in [-0.2, 0) is 9.84 Å². The molecule has 180 valence electrons. The number of pyridine rings is 2. The van der Waals surface area contributed by atoms with Gasteiger partial charge in [-0.2, -0.15) is 0 Å². The van der Waals surface area contributed by atoms with Crippen molar-refractivity contribution in [2.45, 2.75) is 0 Å². The Morgan fingerprint density at radius 3 is 2.66 bits per heavy atom. The van der Waals surface area contributed by atoms with Crippen LogP contribution in [0.3, 0.4) is 0 Å². The molecule has 1 amide bonds. The van der Waals surface area contributed by atoms with Crippen LogP contribution in [0.1, 0.15) is 10.4 Å². The van der Waals surface area contributed by atoms with Crippen LogP contribution in [0.4, 0.5) is 11.5 Å². The molecule has 0 radical (unpaired) electrons. The Bertz CT molecular complexity index is 1460. The Hall–Kier alpha value is -3.90. The van der Waals surface area contributed by atoms with Crippen molar-refractivity contribution in [2.24, 2.45) is 5.73 Å². The Morgan fingerprint density at radius 1 is 1.09 bits per heavy atom. The second-order valence-electron chi connectivity index (χ2n) is 8.21. The van der Waals surface area contributed by atoms with Gasteiger partial charge in [-0.05, 0) is 30.3 Å². The lowest BCUT2D eigenvalue weighted by molar-refractivity contribution is 0.100. The van der Waals surface area contributed by atoms with E-state index in [-0.39, 0.29) is 17.1 Å². The summed E-state index contributed by atoms with van der Waals surface area (Å²) in [6.45, 7) is 1.91. The minimum absolute atomic E-state index is 0.134. The van der Waals surface area contributed by atoms with E-state index in [9.17, 15) is 13.2 Å². The van der Waals surface area contributed by atoms with Crippen molar-refractivity contribution in [2.75, 3.05) is 42.6 Å². The van der Waals surface area contributed by atoms with Crippen molar-refractivity contribution in [1.82, 2.24) is 29.5 Å². The molecule has 4 aromatic heterocycles. The van der Waals surface area contributed by atoms with E-state index in [4.69, 9.17) is 10.7 Å². The first-order chi connectivity index (χ1) is 16.9. The van der Waals surface area contributed by atoms with Gasteiger partial charge in [-0.25, -0.2) is 17.9 Å². The summed E-state index contributed by atoms with van der Waals surface area (Å²) in [4.78, 5) is 29.6. The van der Waals surface area contributed by atoms with E-state index in [1.807, 2.05) is 41.4 Å². The molecule has 5 rings (SSSR count). The summed E-state index contributed by atoms with van der Waals surface area (Å²) in [6.07, 6.45) is 6.53. The molecule has 12 heteroatoms. The number of aromatic nitrogens is 5. The van der Waals surface area contributed by atoms with Gasteiger partial charge >= 0.3 is 0 Å². The first kappa shape index (κ1) is 22.9. The highest BCUT2D eigenvalue weighted by molar-refractivity contribution is 7.91. The molecule has 0 aliphatic carbocycles. The second-order valence-corrected chi connectivity index (χ2v) is 10.5. The van der Waals surface area contributed by atoms with E-state index in [0.29, 0.717) is 49.2 Å². The molecular formula is C23H24N8O3S. The van der Waals surface area contributed by atoms with Gasteiger partial charge in [0.2, 0.25) is 5.82 Å². The topological polar surface area (TPSA) is 140 Å². The minimum Gasteiger partial charge on any atom is -0.365 e. The normalized spacial score (nSPS) is 15.8. The van der Waals surface area contributed by atoms with E-state index < -0.39 is 15.7 Å². The average Bonchev–Trinajstić information content (AvgIpc) is 3.34. The van der Waals surface area contributed by atoms with Gasteiger partial charge in [-0.3, -0.25) is 19.7 Å². The quantitative estimate of drug-likeness (QED) is 0.402. The number of amides is 1. The van der Waals surface area contributed by atoms with Crippen LogP contribution in [0, 0.1) is 0 Å². The number of anilines is 2. The van der Waals surface area contributed by atoms with E-state index in [2.05, 4.69) is 20.0 Å². The number of rotatable bonds is 7. The first-order valence-electron chi connectivity index (χ1n) is 11.1. The predicted molar refractivity (Wildman–Crippen MR) is 131 cm³/mol. The minimum atomic E-state index is -2.99. The Labute approximate surface area is 202 Å². The highest BCUT2D eigenvalue weighted by atomic mass is 32.2. The number of carbonyl (C=O) groups excluding carboxylic acids is 1. The third kappa shape index (κ3) is 4.84. The number of hydrogen-bond donors (Lipinski definition) is 1. The standard InChI is InChI=1S/C23H24N8O3S/c24-21(32)17-16-25-8-6-19(17)30(11-10-29-12-14-35(33,34)15-13-29)23-20-5-3-9-31(20)28-22(27-23)18-4-1-2-7-26-18/h1-9,16H,10-15H2,(H2,24,32). The Morgan fingerprint density at radius 2 is 1.91 bits per heavy atom. The second kappa shape index (κ2) is 9.39. The predicted octanol–water partition coefficient (Wildman–Crippen LogP) is 1.15. The smallest absolute Gasteiger partial charge is 0.252 e. The van der Waals surface area contributed by atoms with Crippen LogP contribution >= 0.6 is 0 Å². The van der Waals surface area contributed by atoms with Crippen LogP contribution in [0.25, 0.3) is 17.0 Å². The fraction of sp³-hybridized carbons (Fsp3) is 0.261. The van der Waals surface area contributed by atoms with Gasteiger partial charge in [0.25, 0.3) is 5.91 Å². The summed E-state index contributed by atoms with van der Waals surface area (Å²) in [5.41, 5.74) is 7.85. The number of hydrogen-bond acceptors (Lipinski definition) is 9. The van der Waals surface area contributed by atoms with E-state index in [1.165, 1.54) is 6.20 Å². The lowest BCUT2D eigenvalue weighted by Gasteiger charge is -2.31. The maximum atomic E-state index is 12.3. The molecule has 11 nitrogen and oxygen atoms in total. The summed E-state index contributed by atoms with van der Waals surface area (Å²) in [5, 5.41) is 4.60. The summed E-state index contributed by atoms with van der Waals surface area (Å²) >= 11 is 0. The molecule has 0 unspecified atom stereocenters.